The fourth-order valence-corrected chi connectivity index (χ4v) is 3.16. The number of aliphatic hydroxyl groups is 2. The van der Waals surface area contributed by atoms with E-state index in [0.29, 0.717) is 12.0 Å². The third-order valence-electron chi connectivity index (χ3n) is 5.01. The quantitative estimate of drug-likeness (QED) is 0.582. The number of rotatable bonds is 4. The molecule has 2 nitrogen and oxygen atoms in total. The van der Waals surface area contributed by atoms with Gasteiger partial charge in [-0.15, -0.1) is 0 Å². The Hall–Kier alpha value is -0.600. The Balaban J connectivity index is 0.000000348. The fourth-order valence-electron chi connectivity index (χ4n) is 3.16. The van der Waals surface area contributed by atoms with Crippen molar-refractivity contribution in [2.24, 2.45) is 16.7 Å². The summed E-state index contributed by atoms with van der Waals surface area (Å²) in [5.74, 6) is 0.819. The van der Waals surface area contributed by atoms with E-state index in [4.69, 9.17) is 5.11 Å². The molecule has 0 amide bonds. The number of unbranched alkanes of at least 4 members (excludes halogenated alkanes) is 2. The minimum atomic E-state index is 0.135. The molecule has 0 aromatic carbocycles. The van der Waals surface area contributed by atoms with E-state index in [1.807, 2.05) is 0 Å². The highest BCUT2D eigenvalue weighted by Gasteiger charge is 2.58. The first kappa shape index (κ1) is 20.4. The van der Waals surface area contributed by atoms with Crippen LogP contribution in [0, 0.1) is 16.7 Å². The second kappa shape index (κ2) is 10.2. The maximum absolute atomic E-state index is 9.27. The molecule has 0 aromatic heterocycles. The molecule has 0 spiro atoms. The van der Waals surface area contributed by atoms with Gasteiger partial charge in [0.2, 0.25) is 0 Å². The average Bonchev–Trinajstić information content (AvgIpc) is 2.49. The summed E-state index contributed by atoms with van der Waals surface area (Å²) in [6.45, 7) is 11.1. The van der Waals surface area contributed by atoms with Crippen LogP contribution < -0.4 is 0 Å². The van der Waals surface area contributed by atoms with Crippen molar-refractivity contribution >= 4 is 0 Å². The van der Waals surface area contributed by atoms with Crippen LogP contribution in [0.15, 0.2) is 24.3 Å². The highest BCUT2D eigenvalue weighted by atomic mass is 16.3. The van der Waals surface area contributed by atoms with Gasteiger partial charge in [-0.1, -0.05) is 57.9 Å². The zero-order valence-corrected chi connectivity index (χ0v) is 14.7. The van der Waals surface area contributed by atoms with Crippen molar-refractivity contribution in [2.75, 3.05) is 13.2 Å². The van der Waals surface area contributed by atoms with E-state index >= 15 is 0 Å². The van der Waals surface area contributed by atoms with Gasteiger partial charge in [-0.25, -0.2) is 0 Å². The third-order valence-corrected chi connectivity index (χ3v) is 5.01. The van der Waals surface area contributed by atoms with Crippen molar-refractivity contribution in [1.82, 2.24) is 0 Å². The van der Waals surface area contributed by atoms with Gasteiger partial charge in [-0.3, -0.25) is 0 Å². The van der Waals surface area contributed by atoms with Crippen molar-refractivity contribution < 1.29 is 10.2 Å². The van der Waals surface area contributed by atoms with Gasteiger partial charge in [0.1, 0.15) is 0 Å². The van der Waals surface area contributed by atoms with E-state index in [1.54, 1.807) is 6.92 Å². The molecule has 0 aromatic rings. The predicted octanol–water partition coefficient (Wildman–Crippen LogP) is 4.72. The molecule has 2 bridgehead atoms. The third kappa shape index (κ3) is 5.27. The van der Waals surface area contributed by atoms with Crippen molar-refractivity contribution in [2.45, 2.75) is 66.7 Å². The molecular formula is C19H36O2. The van der Waals surface area contributed by atoms with Crippen LogP contribution in [0.1, 0.15) is 66.7 Å². The van der Waals surface area contributed by atoms with Gasteiger partial charge >= 0.3 is 0 Å². The minimum absolute atomic E-state index is 0.135. The molecular weight excluding hydrogens is 260 g/mol. The number of hydrogen-bond acceptors (Lipinski definition) is 2. The summed E-state index contributed by atoms with van der Waals surface area (Å²) in [5.41, 5.74) is 0.479. The van der Waals surface area contributed by atoms with Crippen molar-refractivity contribution in [3.05, 3.63) is 24.3 Å². The molecule has 1 saturated carbocycles. The van der Waals surface area contributed by atoms with Crippen LogP contribution in [0.5, 0.6) is 0 Å². The molecule has 0 aliphatic heterocycles. The summed E-state index contributed by atoms with van der Waals surface area (Å²) >= 11 is 0. The Morgan fingerprint density at radius 2 is 1.86 bits per heavy atom. The topological polar surface area (TPSA) is 40.5 Å². The molecule has 124 valence electrons. The van der Waals surface area contributed by atoms with Crippen LogP contribution in [0.4, 0.5) is 0 Å². The summed E-state index contributed by atoms with van der Waals surface area (Å²) in [6.07, 6.45) is 15.1. The fraction of sp³-hybridized carbons (Fsp3) is 0.789. The van der Waals surface area contributed by atoms with Crippen LogP contribution in [0.3, 0.4) is 0 Å². The lowest BCUT2D eigenvalue weighted by Gasteiger charge is -2.62. The molecule has 3 aliphatic rings. The van der Waals surface area contributed by atoms with E-state index in [9.17, 15) is 5.11 Å². The van der Waals surface area contributed by atoms with Gasteiger partial charge in [-0.05, 0) is 44.4 Å². The molecule has 0 heterocycles. The normalized spacial score (nSPS) is 28.0. The summed E-state index contributed by atoms with van der Waals surface area (Å²) in [6, 6.07) is 0. The Labute approximate surface area is 132 Å². The van der Waals surface area contributed by atoms with Gasteiger partial charge in [0.15, 0.2) is 0 Å². The summed E-state index contributed by atoms with van der Waals surface area (Å²) in [4.78, 5) is 0. The molecule has 2 heteroatoms. The number of aliphatic hydroxyl groups excluding tert-OH is 2. The monoisotopic (exact) mass is 296 g/mol. The first-order chi connectivity index (χ1) is 9.95. The van der Waals surface area contributed by atoms with Gasteiger partial charge < -0.3 is 10.2 Å². The van der Waals surface area contributed by atoms with E-state index in [1.165, 1.54) is 32.1 Å². The van der Waals surface area contributed by atoms with Crippen LogP contribution in [0.25, 0.3) is 0 Å². The van der Waals surface area contributed by atoms with Gasteiger partial charge in [0, 0.05) is 12.0 Å². The molecule has 21 heavy (non-hydrogen) atoms. The molecule has 2 N–H and O–H groups in total. The van der Waals surface area contributed by atoms with Crippen LogP contribution >= 0.6 is 0 Å². The van der Waals surface area contributed by atoms with Crippen molar-refractivity contribution in [3.8, 4) is 0 Å². The molecule has 2 atom stereocenters. The van der Waals surface area contributed by atoms with Gasteiger partial charge in [-0.2, -0.15) is 0 Å². The Morgan fingerprint density at radius 3 is 2.19 bits per heavy atom. The van der Waals surface area contributed by atoms with E-state index in [-0.39, 0.29) is 12.0 Å². The SMILES string of the molecule is CC1(C)C2CC=CC1(CO)C2.CC=CCCCC.CCO. The van der Waals surface area contributed by atoms with Gasteiger partial charge in [0.25, 0.3) is 0 Å². The van der Waals surface area contributed by atoms with Crippen LogP contribution in [-0.2, 0) is 0 Å². The van der Waals surface area contributed by atoms with Crippen LogP contribution in [-0.4, -0.2) is 23.4 Å². The lowest BCUT2D eigenvalue weighted by molar-refractivity contribution is -0.121. The maximum atomic E-state index is 9.27. The highest BCUT2D eigenvalue weighted by Crippen LogP contribution is 2.64. The highest BCUT2D eigenvalue weighted by molar-refractivity contribution is 5.22. The van der Waals surface area contributed by atoms with E-state index < -0.39 is 0 Å². The van der Waals surface area contributed by atoms with Crippen LogP contribution in [0.2, 0.25) is 0 Å². The Kier molecular flexibility index (Phi) is 9.89. The standard InChI is InChI=1S/C10H16O.C7H14.C2H6O/c1-9(2)8-4-3-5-10(9,6-8)7-11;1-3-5-7-6-4-2;1-2-3/h3,5,8,11H,4,6-7H2,1-2H3;3,5H,4,6-7H2,1-2H3;3H,2H2,1H3. The second-order valence-electron chi connectivity index (χ2n) is 6.60. The first-order valence-electron chi connectivity index (χ1n) is 8.46. The molecule has 1 fully saturated rings. The van der Waals surface area contributed by atoms with Crippen molar-refractivity contribution in [1.29, 1.82) is 0 Å². The number of fused-ring (bicyclic) bond motifs is 1. The Morgan fingerprint density at radius 1 is 1.24 bits per heavy atom. The molecule has 3 rings (SSSR count). The van der Waals surface area contributed by atoms with Gasteiger partial charge in [0.05, 0.1) is 6.61 Å². The average molecular weight is 296 g/mol. The molecule has 2 unspecified atom stereocenters. The zero-order valence-electron chi connectivity index (χ0n) is 14.7. The molecule has 0 saturated heterocycles. The number of hydrogen-bond donors (Lipinski definition) is 2. The largest absolute Gasteiger partial charge is 0.397 e. The summed E-state index contributed by atoms with van der Waals surface area (Å²) < 4.78 is 0. The smallest absolute Gasteiger partial charge is 0.0527 e. The minimum Gasteiger partial charge on any atom is -0.397 e. The van der Waals surface area contributed by atoms with E-state index in [2.05, 4.69) is 52.0 Å². The molecule has 3 aliphatic carbocycles. The lowest BCUT2D eigenvalue weighted by atomic mass is 9.42. The summed E-state index contributed by atoms with van der Waals surface area (Å²) in [5, 5.41) is 16.8. The van der Waals surface area contributed by atoms with Crippen molar-refractivity contribution in [3.63, 3.8) is 0 Å². The second-order valence-corrected chi connectivity index (χ2v) is 6.60. The number of allylic oxidation sites excluding steroid dienone is 3. The van der Waals surface area contributed by atoms with E-state index in [0.717, 1.165) is 5.92 Å². The summed E-state index contributed by atoms with van der Waals surface area (Å²) in [7, 11) is 0. The lowest BCUT2D eigenvalue weighted by Crippen LogP contribution is -2.57. The first-order valence-corrected chi connectivity index (χ1v) is 8.46. The zero-order chi connectivity index (χ0) is 16.4. The maximum Gasteiger partial charge on any atom is 0.0527 e. The Bertz CT molecular complexity index is 318. The molecule has 0 radical (unpaired) electrons. The predicted molar refractivity (Wildman–Crippen MR) is 92.3 cm³/mol.